The van der Waals surface area contributed by atoms with Crippen LogP contribution in [0.15, 0.2) is 45.5 Å². The van der Waals surface area contributed by atoms with E-state index >= 15 is 0 Å². The van der Waals surface area contributed by atoms with E-state index in [0.29, 0.717) is 11.7 Å². The number of fused-ring (bicyclic) bond motifs is 1. The van der Waals surface area contributed by atoms with E-state index < -0.39 is 6.04 Å². The van der Waals surface area contributed by atoms with Gasteiger partial charge in [-0.05, 0) is 36.2 Å². The Morgan fingerprint density at radius 2 is 2.11 bits per heavy atom. The van der Waals surface area contributed by atoms with E-state index in [9.17, 15) is 4.79 Å². The largest absolute Gasteiger partial charge is 0.459 e. The smallest absolute Gasteiger partial charge is 0.287 e. The molecule has 1 N–H and O–H groups in total. The van der Waals surface area contributed by atoms with Crippen molar-refractivity contribution in [2.45, 2.75) is 19.9 Å². The van der Waals surface area contributed by atoms with Crippen LogP contribution in [0.4, 0.5) is 0 Å². The van der Waals surface area contributed by atoms with Crippen molar-refractivity contribution in [1.82, 2.24) is 30.5 Å². The Hall–Kier alpha value is -3.49. The van der Waals surface area contributed by atoms with E-state index in [-0.39, 0.29) is 17.6 Å². The molecule has 0 radical (unpaired) electrons. The SMILES string of the molecule is CC(C)[C@@H](NC(=O)c1ccco1)c1nc(-c2ccc3c(c2)nnn3C)no1. The molecule has 1 amide bonds. The Morgan fingerprint density at radius 1 is 1.26 bits per heavy atom. The minimum Gasteiger partial charge on any atom is -0.459 e. The lowest BCUT2D eigenvalue weighted by atomic mass is 10.0. The first-order valence-electron chi connectivity index (χ1n) is 8.50. The summed E-state index contributed by atoms with van der Waals surface area (Å²) in [6.45, 7) is 3.92. The summed E-state index contributed by atoms with van der Waals surface area (Å²) in [5.74, 6) is 0.696. The lowest BCUT2D eigenvalue weighted by Crippen LogP contribution is -2.31. The third-order valence-electron chi connectivity index (χ3n) is 4.27. The molecular formula is C18H18N6O3. The van der Waals surface area contributed by atoms with E-state index in [1.807, 2.05) is 39.1 Å². The molecule has 0 spiro atoms. The Labute approximate surface area is 154 Å². The van der Waals surface area contributed by atoms with Crippen molar-refractivity contribution < 1.29 is 13.7 Å². The number of benzene rings is 1. The molecule has 9 nitrogen and oxygen atoms in total. The van der Waals surface area contributed by atoms with Crippen LogP contribution in [0.5, 0.6) is 0 Å². The topological polar surface area (TPSA) is 112 Å². The molecule has 0 fully saturated rings. The molecule has 9 heteroatoms. The van der Waals surface area contributed by atoms with E-state index in [1.54, 1.807) is 16.8 Å². The summed E-state index contributed by atoms with van der Waals surface area (Å²) in [5, 5.41) is 15.0. The van der Waals surface area contributed by atoms with Crippen molar-refractivity contribution in [2.75, 3.05) is 0 Å². The van der Waals surface area contributed by atoms with Gasteiger partial charge in [0, 0.05) is 12.6 Å². The second kappa shape index (κ2) is 6.67. The fraction of sp³-hybridized carbons (Fsp3) is 0.278. The normalized spacial score (nSPS) is 12.6. The predicted molar refractivity (Wildman–Crippen MR) is 95.6 cm³/mol. The minimum absolute atomic E-state index is 0.0414. The van der Waals surface area contributed by atoms with Crippen molar-refractivity contribution in [1.29, 1.82) is 0 Å². The number of nitrogens with zero attached hydrogens (tertiary/aromatic N) is 5. The zero-order valence-corrected chi connectivity index (χ0v) is 15.1. The van der Waals surface area contributed by atoms with Gasteiger partial charge in [-0.2, -0.15) is 4.98 Å². The first kappa shape index (κ1) is 17.0. The summed E-state index contributed by atoms with van der Waals surface area (Å²) >= 11 is 0. The van der Waals surface area contributed by atoms with Gasteiger partial charge in [-0.25, -0.2) is 4.68 Å². The van der Waals surface area contributed by atoms with Crippen LogP contribution in [0.3, 0.4) is 0 Å². The Morgan fingerprint density at radius 3 is 2.85 bits per heavy atom. The quantitative estimate of drug-likeness (QED) is 0.578. The molecule has 27 heavy (non-hydrogen) atoms. The molecule has 0 bridgehead atoms. The number of nitrogens with one attached hydrogen (secondary N) is 1. The third kappa shape index (κ3) is 3.19. The van der Waals surface area contributed by atoms with Gasteiger partial charge in [-0.1, -0.05) is 24.2 Å². The van der Waals surface area contributed by atoms with Crippen molar-refractivity contribution >= 4 is 16.9 Å². The van der Waals surface area contributed by atoms with Crippen molar-refractivity contribution in [3.05, 3.63) is 48.2 Å². The van der Waals surface area contributed by atoms with E-state index in [4.69, 9.17) is 8.94 Å². The van der Waals surface area contributed by atoms with Crippen LogP contribution in [-0.4, -0.2) is 31.0 Å². The van der Waals surface area contributed by atoms with Crippen LogP contribution < -0.4 is 5.32 Å². The van der Waals surface area contributed by atoms with Gasteiger partial charge >= 0.3 is 0 Å². The second-order valence-electron chi connectivity index (χ2n) is 6.55. The molecule has 0 unspecified atom stereocenters. The van der Waals surface area contributed by atoms with Gasteiger partial charge in [0.15, 0.2) is 5.76 Å². The number of carbonyl (C=O) groups is 1. The molecule has 0 saturated heterocycles. The molecule has 4 rings (SSSR count). The molecule has 0 aliphatic heterocycles. The number of aromatic nitrogens is 5. The second-order valence-corrected chi connectivity index (χ2v) is 6.55. The van der Waals surface area contributed by atoms with Gasteiger partial charge in [0.2, 0.25) is 11.7 Å². The van der Waals surface area contributed by atoms with Gasteiger partial charge in [0.1, 0.15) is 11.6 Å². The fourth-order valence-corrected chi connectivity index (χ4v) is 2.79. The highest BCUT2D eigenvalue weighted by molar-refractivity contribution is 5.91. The van der Waals surface area contributed by atoms with E-state index in [1.165, 1.54) is 6.26 Å². The van der Waals surface area contributed by atoms with Crippen molar-refractivity contribution in [3.8, 4) is 11.4 Å². The minimum atomic E-state index is -0.441. The zero-order valence-electron chi connectivity index (χ0n) is 15.1. The zero-order chi connectivity index (χ0) is 19.0. The van der Waals surface area contributed by atoms with Gasteiger partial charge in [-0.15, -0.1) is 5.10 Å². The molecule has 1 atom stereocenters. The lowest BCUT2D eigenvalue weighted by molar-refractivity contribution is 0.0885. The summed E-state index contributed by atoms with van der Waals surface area (Å²) in [6.07, 6.45) is 1.45. The number of aryl methyl sites for hydroxylation is 1. The Bertz CT molecular complexity index is 1080. The standard InChI is InChI=1S/C18H18N6O3/c1-10(2)15(19-17(25)14-5-4-8-26-14)18-20-16(22-27-18)11-6-7-13-12(9-11)21-23-24(13)3/h4-10,15H,1-3H3,(H,19,25)/t15-/m1/s1. The lowest BCUT2D eigenvalue weighted by Gasteiger charge is -2.17. The third-order valence-corrected chi connectivity index (χ3v) is 4.27. The molecule has 0 saturated carbocycles. The van der Waals surface area contributed by atoms with Crippen molar-refractivity contribution in [2.24, 2.45) is 13.0 Å². The number of rotatable bonds is 5. The first-order valence-corrected chi connectivity index (χ1v) is 8.50. The van der Waals surface area contributed by atoms with Crippen LogP contribution in [0, 0.1) is 5.92 Å². The van der Waals surface area contributed by atoms with E-state index in [2.05, 4.69) is 25.8 Å². The molecule has 4 aromatic rings. The van der Waals surface area contributed by atoms with Crippen LogP contribution in [0.2, 0.25) is 0 Å². The summed E-state index contributed by atoms with van der Waals surface area (Å²) < 4.78 is 12.3. The Kier molecular flexibility index (Phi) is 4.19. The maximum absolute atomic E-state index is 12.3. The summed E-state index contributed by atoms with van der Waals surface area (Å²) in [4.78, 5) is 16.8. The molecule has 3 heterocycles. The average molecular weight is 366 g/mol. The van der Waals surface area contributed by atoms with Crippen molar-refractivity contribution in [3.63, 3.8) is 0 Å². The highest BCUT2D eigenvalue weighted by Crippen LogP contribution is 2.25. The van der Waals surface area contributed by atoms with Crippen LogP contribution in [-0.2, 0) is 7.05 Å². The average Bonchev–Trinajstić information content (AvgIpc) is 3.40. The summed E-state index contributed by atoms with van der Waals surface area (Å²) in [6, 6.07) is 8.45. The van der Waals surface area contributed by atoms with Crippen LogP contribution >= 0.6 is 0 Å². The number of hydrogen-bond donors (Lipinski definition) is 1. The van der Waals surface area contributed by atoms with Gasteiger partial charge in [0.25, 0.3) is 5.91 Å². The molecule has 0 aliphatic rings. The molecule has 0 aliphatic carbocycles. The Balaban J connectivity index is 1.61. The summed E-state index contributed by atoms with van der Waals surface area (Å²) in [7, 11) is 1.83. The number of carbonyl (C=O) groups excluding carboxylic acids is 1. The van der Waals surface area contributed by atoms with Crippen LogP contribution in [0.1, 0.15) is 36.3 Å². The van der Waals surface area contributed by atoms with Gasteiger partial charge < -0.3 is 14.3 Å². The molecular weight excluding hydrogens is 348 g/mol. The maximum Gasteiger partial charge on any atom is 0.287 e. The molecule has 3 aromatic heterocycles. The van der Waals surface area contributed by atoms with Gasteiger partial charge in [-0.3, -0.25) is 4.79 Å². The predicted octanol–water partition coefficient (Wildman–Crippen LogP) is 2.74. The monoisotopic (exact) mass is 366 g/mol. The highest BCUT2D eigenvalue weighted by atomic mass is 16.5. The summed E-state index contributed by atoms with van der Waals surface area (Å²) in [5.41, 5.74) is 2.42. The number of furan rings is 1. The van der Waals surface area contributed by atoms with E-state index in [0.717, 1.165) is 16.6 Å². The molecule has 1 aromatic carbocycles. The first-order chi connectivity index (χ1) is 13.0. The van der Waals surface area contributed by atoms with Gasteiger partial charge in [0.05, 0.1) is 11.8 Å². The fourth-order valence-electron chi connectivity index (χ4n) is 2.79. The maximum atomic E-state index is 12.3. The van der Waals surface area contributed by atoms with Crippen LogP contribution in [0.25, 0.3) is 22.4 Å². The number of amides is 1. The highest BCUT2D eigenvalue weighted by Gasteiger charge is 2.26. The molecule has 138 valence electrons. The number of hydrogen-bond acceptors (Lipinski definition) is 7.